The molecule has 0 heterocycles. The fraction of sp³-hybridized carbons (Fsp3) is 0.429. The number of nitrogens with two attached hydrogens (primary N) is 1. The molecule has 1 atom stereocenters. The van der Waals surface area contributed by atoms with Crippen molar-refractivity contribution in [2.24, 2.45) is 5.73 Å². The summed E-state index contributed by atoms with van der Waals surface area (Å²) in [6.07, 6.45) is -2.16. The van der Waals surface area contributed by atoms with Gasteiger partial charge in [-0.05, 0) is 68.0 Å². The van der Waals surface area contributed by atoms with Gasteiger partial charge in [0, 0.05) is 13.2 Å². The Hall–Kier alpha value is -1.47. The molecule has 1 unspecified atom stereocenters. The van der Waals surface area contributed by atoms with Gasteiger partial charge in [-0.1, -0.05) is 35.3 Å². The first-order chi connectivity index (χ1) is 13.7. The molecule has 0 radical (unpaired) electrons. The second-order valence-electron chi connectivity index (χ2n) is 6.54. The smallest absolute Gasteiger partial charge is 0.419 e. The molecule has 29 heavy (non-hydrogen) atoms. The number of aliphatic hydroxyl groups is 1. The Morgan fingerprint density at radius 3 is 2.21 bits per heavy atom. The van der Waals surface area contributed by atoms with Crippen molar-refractivity contribution in [2.75, 3.05) is 13.7 Å². The molecule has 0 fully saturated rings. The maximum absolute atomic E-state index is 13.4. The normalized spacial score (nSPS) is 12.2. The third-order valence-corrected chi connectivity index (χ3v) is 4.83. The van der Waals surface area contributed by atoms with Gasteiger partial charge in [-0.3, -0.25) is 0 Å². The molecule has 0 aliphatic rings. The van der Waals surface area contributed by atoms with Crippen LogP contribution >= 0.6 is 23.2 Å². The van der Waals surface area contributed by atoms with Crippen molar-refractivity contribution in [1.29, 1.82) is 0 Å². The highest BCUT2D eigenvalue weighted by Crippen LogP contribution is 2.37. The summed E-state index contributed by atoms with van der Waals surface area (Å²) in [5, 5.41) is 7.92. The first-order valence-corrected chi connectivity index (χ1v) is 9.89. The zero-order valence-electron chi connectivity index (χ0n) is 16.4. The van der Waals surface area contributed by atoms with Crippen molar-refractivity contribution in [3.05, 3.63) is 63.1 Å². The molecule has 0 aromatic heterocycles. The van der Waals surface area contributed by atoms with Gasteiger partial charge in [0.25, 0.3) is 0 Å². The van der Waals surface area contributed by atoms with E-state index in [0.717, 1.165) is 18.7 Å². The summed E-state index contributed by atoms with van der Waals surface area (Å²) in [5.74, 6) is -0.152. The minimum absolute atomic E-state index is 0.0587. The molecule has 2 aromatic rings. The average Bonchev–Trinajstić information content (AvgIpc) is 2.67. The summed E-state index contributed by atoms with van der Waals surface area (Å²) in [7, 11) is 1.00. The molecule has 162 valence electrons. The van der Waals surface area contributed by atoms with E-state index in [1.54, 1.807) is 18.2 Å². The predicted octanol–water partition coefficient (Wildman–Crippen LogP) is 5.91. The SMILES string of the molecule is CC(N)CCc1ccc(OCCCc2ccc(Cl)c(Cl)c2)c(C(F)(F)F)c1.CO. The molecule has 0 saturated heterocycles. The molecule has 0 aliphatic heterocycles. The summed E-state index contributed by atoms with van der Waals surface area (Å²) in [6, 6.07) is 9.42. The van der Waals surface area contributed by atoms with Gasteiger partial charge in [0.1, 0.15) is 5.75 Å². The number of halogens is 5. The van der Waals surface area contributed by atoms with E-state index in [4.69, 9.17) is 38.8 Å². The average molecular weight is 452 g/mol. The summed E-state index contributed by atoms with van der Waals surface area (Å²) in [4.78, 5) is 0. The highest BCUT2D eigenvalue weighted by Gasteiger charge is 2.34. The van der Waals surface area contributed by atoms with Crippen molar-refractivity contribution in [2.45, 2.75) is 44.8 Å². The third-order valence-electron chi connectivity index (χ3n) is 4.09. The van der Waals surface area contributed by atoms with Crippen molar-refractivity contribution in [1.82, 2.24) is 0 Å². The fourth-order valence-electron chi connectivity index (χ4n) is 2.63. The second-order valence-corrected chi connectivity index (χ2v) is 7.36. The second kappa shape index (κ2) is 12.3. The molecule has 0 bridgehead atoms. The third kappa shape index (κ3) is 8.83. The Morgan fingerprint density at radius 1 is 1.00 bits per heavy atom. The van der Waals surface area contributed by atoms with Crippen LogP contribution < -0.4 is 10.5 Å². The van der Waals surface area contributed by atoms with Crippen LogP contribution in [0.1, 0.15) is 36.5 Å². The van der Waals surface area contributed by atoms with Crippen molar-refractivity contribution in [3.8, 4) is 5.75 Å². The number of rotatable bonds is 8. The Balaban J connectivity index is 0.00000204. The molecule has 0 aliphatic carbocycles. The van der Waals surface area contributed by atoms with Crippen LogP contribution in [0.15, 0.2) is 36.4 Å². The summed E-state index contributed by atoms with van der Waals surface area (Å²) >= 11 is 11.8. The van der Waals surface area contributed by atoms with Crippen molar-refractivity contribution in [3.63, 3.8) is 0 Å². The molecule has 8 heteroatoms. The standard InChI is InChI=1S/C20H22Cl2F3NO.CH4O/c1-13(26)4-5-15-7-9-19(16(11-15)20(23,24)25)27-10-2-3-14-6-8-17(21)18(22)12-14;1-2/h6-9,11-13H,2-5,10,26H2,1H3;2H,1H3. The minimum Gasteiger partial charge on any atom is -0.493 e. The van der Waals surface area contributed by atoms with Crippen LogP contribution in [-0.4, -0.2) is 24.9 Å². The van der Waals surface area contributed by atoms with Crippen LogP contribution in [0.2, 0.25) is 10.0 Å². The van der Waals surface area contributed by atoms with Gasteiger partial charge in [-0.25, -0.2) is 0 Å². The van der Waals surface area contributed by atoms with E-state index in [9.17, 15) is 13.2 Å². The lowest BCUT2D eigenvalue weighted by atomic mass is 10.0. The van der Waals surface area contributed by atoms with E-state index in [-0.39, 0.29) is 18.4 Å². The molecule has 2 rings (SSSR count). The van der Waals surface area contributed by atoms with E-state index in [2.05, 4.69) is 0 Å². The maximum atomic E-state index is 13.4. The topological polar surface area (TPSA) is 55.5 Å². The van der Waals surface area contributed by atoms with Crippen LogP contribution in [0, 0.1) is 0 Å². The number of hydrogen-bond acceptors (Lipinski definition) is 3. The van der Waals surface area contributed by atoms with E-state index < -0.39 is 11.7 Å². The number of benzene rings is 2. The molecule has 0 spiro atoms. The van der Waals surface area contributed by atoms with Gasteiger partial charge in [0.2, 0.25) is 0 Å². The number of ether oxygens (including phenoxy) is 1. The van der Waals surface area contributed by atoms with E-state index >= 15 is 0 Å². The number of hydrogen-bond donors (Lipinski definition) is 2. The first kappa shape index (κ1) is 25.6. The predicted molar refractivity (Wildman–Crippen MR) is 112 cm³/mol. The summed E-state index contributed by atoms with van der Waals surface area (Å²) in [5.41, 5.74) is 6.48. The number of aliphatic hydroxyl groups excluding tert-OH is 1. The van der Waals surface area contributed by atoms with Crippen LogP contribution in [0.3, 0.4) is 0 Å². The monoisotopic (exact) mass is 451 g/mol. The number of alkyl halides is 3. The van der Waals surface area contributed by atoms with Crippen molar-refractivity contribution < 1.29 is 23.0 Å². The highest BCUT2D eigenvalue weighted by molar-refractivity contribution is 6.42. The molecule has 0 amide bonds. The van der Waals surface area contributed by atoms with Crippen molar-refractivity contribution >= 4 is 23.2 Å². The largest absolute Gasteiger partial charge is 0.493 e. The zero-order chi connectivity index (χ0) is 22.0. The Labute approximate surface area is 179 Å². The Bertz CT molecular complexity index is 768. The van der Waals surface area contributed by atoms with Gasteiger partial charge < -0.3 is 15.6 Å². The molecule has 0 saturated carbocycles. The fourth-order valence-corrected chi connectivity index (χ4v) is 2.95. The van der Waals surface area contributed by atoms with Crippen LogP contribution in [0.25, 0.3) is 0 Å². The van der Waals surface area contributed by atoms with E-state index in [1.165, 1.54) is 6.07 Å². The maximum Gasteiger partial charge on any atom is 0.419 e. The van der Waals surface area contributed by atoms with Crippen LogP contribution in [0.4, 0.5) is 13.2 Å². The van der Waals surface area contributed by atoms with Gasteiger partial charge in [-0.15, -0.1) is 0 Å². The highest BCUT2D eigenvalue weighted by atomic mass is 35.5. The van der Waals surface area contributed by atoms with E-state index in [1.807, 2.05) is 13.0 Å². The lowest BCUT2D eigenvalue weighted by molar-refractivity contribution is -0.139. The molecule has 2 aromatic carbocycles. The minimum atomic E-state index is -4.47. The number of aryl methyl sites for hydroxylation is 2. The molecule has 3 nitrogen and oxygen atoms in total. The summed E-state index contributed by atoms with van der Waals surface area (Å²) in [6.45, 7) is 2.00. The zero-order valence-corrected chi connectivity index (χ0v) is 17.9. The van der Waals surface area contributed by atoms with E-state index in [0.29, 0.717) is 41.3 Å². The van der Waals surface area contributed by atoms with Gasteiger partial charge in [0.15, 0.2) is 0 Å². The lowest BCUT2D eigenvalue weighted by Gasteiger charge is -2.16. The Morgan fingerprint density at radius 2 is 1.62 bits per heavy atom. The lowest BCUT2D eigenvalue weighted by Crippen LogP contribution is -2.16. The van der Waals surface area contributed by atoms with Crippen LogP contribution in [-0.2, 0) is 19.0 Å². The Kier molecular flexibility index (Phi) is 10.8. The molecule has 3 N–H and O–H groups in total. The molecular formula is C21H26Cl2F3NO2. The van der Waals surface area contributed by atoms with Gasteiger partial charge in [-0.2, -0.15) is 13.2 Å². The van der Waals surface area contributed by atoms with Gasteiger partial charge >= 0.3 is 6.18 Å². The van der Waals surface area contributed by atoms with Gasteiger partial charge in [0.05, 0.1) is 22.2 Å². The summed E-state index contributed by atoms with van der Waals surface area (Å²) < 4.78 is 45.5. The quantitative estimate of drug-likeness (QED) is 0.490. The van der Waals surface area contributed by atoms with Crippen LogP contribution in [0.5, 0.6) is 5.75 Å². The molecular weight excluding hydrogens is 426 g/mol. The first-order valence-electron chi connectivity index (χ1n) is 9.14.